The highest BCUT2D eigenvalue weighted by Gasteiger charge is 2.21. The van der Waals surface area contributed by atoms with Gasteiger partial charge in [0.15, 0.2) is 0 Å². The van der Waals surface area contributed by atoms with E-state index in [0.29, 0.717) is 6.54 Å². The van der Waals surface area contributed by atoms with Gasteiger partial charge in [-0.15, -0.1) is 11.6 Å². The maximum atomic E-state index is 12.1. The molecular formula is C15H22ClNO4S. The molecule has 0 bridgehead atoms. The van der Waals surface area contributed by atoms with E-state index in [4.69, 9.17) is 15.8 Å². The van der Waals surface area contributed by atoms with Gasteiger partial charge < -0.3 is 9.08 Å². The summed E-state index contributed by atoms with van der Waals surface area (Å²) in [6.45, 7) is 7.29. The Labute approximate surface area is 137 Å². The van der Waals surface area contributed by atoms with Crippen LogP contribution in [0.5, 0.6) is 5.75 Å². The van der Waals surface area contributed by atoms with Crippen LogP contribution in [0.1, 0.15) is 33.3 Å². The summed E-state index contributed by atoms with van der Waals surface area (Å²) in [6, 6.07) is 6.69. The lowest BCUT2D eigenvalue weighted by molar-refractivity contribution is -0.132. The van der Waals surface area contributed by atoms with Crippen molar-refractivity contribution in [1.29, 1.82) is 0 Å². The summed E-state index contributed by atoms with van der Waals surface area (Å²) < 4.78 is 28.0. The van der Waals surface area contributed by atoms with Crippen molar-refractivity contribution < 1.29 is 17.4 Å². The second-order valence-electron chi connectivity index (χ2n) is 5.25. The van der Waals surface area contributed by atoms with Gasteiger partial charge in [-0.3, -0.25) is 4.79 Å². The Morgan fingerprint density at radius 2 is 1.95 bits per heavy atom. The van der Waals surface area contributed by atoms with Gasteiger partial charge in [0.25, 0.3) is 0 Å². The van der Waals surface area contributed by atoms with E-state index in [-0.39, 0.29) is 23.5 Å². The van der Waals surface area contributed by atoms with Crippen LogP contribution in [0.15, 0.2) is 24.3 Å². The van der Waals surface area contributed by atoms with Crippen molar-refractivity contribution >= 4 is 27.6 Å². The SMILES string of the molecule is CCS(=O)(=O)Oc1cccc(CN(C(=O)C(C)Cl)C(C)C)c1. The first-order valence-corrected chi connectivity index (χ1v) is 9.13. The molecule has 0 saturated heterocycles. The standard InChI is InChI=1S/C15H22ClNO4S/c1-5-22(19,20)21-14-8-6-7-13(9-14)10-17(11(2)3)15(18)12(4)16/h6-9,11-12H,5,10H2,1-4H3. The van der Waals surface area contributed by atoms with Gasteiger partial charge in [0.1, 0.15) is 11.1 Å². The molecule has 0 heterocycles. The summed E-state index contributed by atoms with van der Waals surface area (Å²) in [6.07, 6.45) is 0. The van der Waals surface area contributed by atoms with Crippen molar-refractivity contribution in [1.82, 2.24) is 4.90 Å². The number of benzene rings is 1. The lowest BCUT2D eigenvalue weighted by Gasteiger charge is -2.28. The van der Waals surface area contributed by atoms with Gasteiger partial charge in [-0.25, -0.2) is 0 Å². The Kier molecular flexibility index (Phi) is 6.68. The van der Waals surface area contributed by atoms with Crippen LogP contribution in [0.3, 0.4) is 0 Å². The van der Waals surface area contributed by atoms with Crippen LogP contribution in [-0.2, 0) is 21.5 Å². The first kappa shape index (κ1) is 18.8. The average molecular weight is 348 g/mol. The zero-order valence-electron chi connectivity index (χ0n) is 13.2. The molecule has 0 aliphatic rings. The third-order valence-corrected chi connectivity index (χ3v) is 4.41. The average Bonchev–Trinajstić information content (AvgIpc) is 2.43. The van der Waals surface area contributed by atoms with E-state index in [1.807, 2.05) is 19.9 Å². The predicted octanol–water partition coefficient (Wildman–Crippen LogP) is 2.78. The quantitative estimate of drug-likeness (QED) is 0.562. The third kappa shape index (κ3) is 5.50. The molecule has 5 nitrogen and oxygen atoms in total. The Morgan fingerprint density at radius 3 is 2.45 bits per heavy atom. The minimum Gasteiger partial charge on any atom is -0.382 e. The highest BCUT2D eigenvalue weighted by molar-refractivity contribution is 7.87. The van der Waals surface area contributed by atoms with Crippen molar-refractivity contribution in [3.8, 4) is 5.75 Å². The molecular weight excluding hydrogens is 326 g/mol. The summed E-state index contributed by atoms with van der Waals surface area (Å²) >= 11 is 5.88. The van der Waals surface area contributed by atoms with Crippen LogP contribution in [0.4, 0.5) is 0 Å². The molecule has 0 aliphatic carbocycles. The van der Waals surface area contributed by atoms with Gasteiger partial charge in [-0.2, -0.15) is 8.42 Å². The number of carbonyl (C=O) groups excluding carboxylic acids is 1. The number of nitrogens with zero attached hydrogens (tertiary/aromatic N) is 1. The molecule has 124 valence electrons. The zero-order chi connectivity index (χ0) is 16.9. The smallest absolute Gasteiger partial charge is 0.308 e. The minimum absolute atomic E-state index is 0.0161. The molecule has 0 aliphatic heterocycles. The van der Waals surface area contributed by atoms with Gasteiger partial charge >= 0.3 is 10.1 Å². The number of rotatable bonds is 7. The van der Waals surface area contributed by atoms with Crippen molar-refractivity contribution in [2.24, 2.45) is 0 Å². The Bertz CT molecular complexity index is 614. The summed E-state index contributed by atoms with van der Waals surface area (Å²) in [7, 11) is -3.57. The first-order valence-electron chi connectivity index (χ1n) is 7.12. The van der Waals surface area contributed by atoms with Crippen molar-refractivity contribution in [3.05, 3.63) is 29.8 Å². The van der Waals surface area contributed by atoms with Crippen LogP contribution >= 0.6 is 11.6 Å². The number of carbonyl (C=O) groups is 1. The zero-order valence-corrected chi connectivity index (χ0v) is 14.8. The molecule has 0 N–H and O–H groups in total. The molecule has 0 saturated carbocycles. The Morgan fingerprint density at radius 1 is 1.32 bits per heavy atom. The van der Waals surface area contributed by atoms with Crippen molar-refractivity contribution in [2.45, 2.75) is 45.7 Å². The summed E-state index contributed by atoms with van der Waals surface area (Å²) in [5, 5.41) is -0.609. The van der Waals surface area contributed by atoms with Crippen LogP contribution < -0.4 is 4.18 Å². The van der Waals surface area contributed by atoms with E-state index in [0.717, 1.165) is 5.56 Å². The molecule has 0 spiro atoms. The summed E-state index contributed by atoms with van der Waals surface area (Å²) in [5.74, 6) is -0.0176. The van der Waals surface area contributed by atoms with Crippen LogP contribution in [-0.4, -0.2) is 36.4 Å². The topological polar surface area (TPSA) is 63.7 Å². The first-order chi connectivity index (χ1) is 10.2. The van der Waals surface area contributed by atoms with E-state index in [1.165, 1.54) is 6.92 Å². The monoisotopic (exact) mass is 347 g/mol. The normalized spacial score (nSPS) is 13.0. The number of alkyl halides is 1. The van der Waals surface area contributed by atoms with Crippen LogP contribution in [0, 0.1) is 0 Å². The van der Waals surface area contributed by atoms with Gasteiger partial charge in [-0.05, 0) is 45.4 Å². The molecule has 0 fully saturated rings. The van der Waals surface area contributed by atoms with Crippen LogP contribution in [0.2, 0.25) is 0 Å². The third-order valence-electron chi connectivity index (χ3n) is 3.07. The molecule has 1 amide bonds. The minimum atomic E-state index is -3.57. The predicted molar refractivity (Wildman–Crippen MR) is 87.5 cm³/mol. The highest BCUT2D eigenvalue weighted by Crippen LogP contribution is 2.19. The molecule has 1 unspecified atom stereocenters. The maximum Gasteiger partial charge on any atom is 0.308 e. The van der Waals surface area contributed by atoms with E-state index < -0.39 is 15.5 Å². The molecule has 1 aromatic carbocycles. The van der Waals surface area contributed by atoms with Gasteiger partial charge in [0.2, 0.25) is 5.91 Å². The molecule has 0 radical (unpaired) electrons. The fraction of sp³-hybridized carbons (Fsp3) is 0.533. The van der Waals surface area contributed by atoms with Gasteiger partial charge in [0.05, 0.1) is 5.75 Å². The maximum absolute atomic E-state index is 12.1. The molecule has 0 aromatic heterocycles. The van der Waals surface area contributed by atoms with Gasteiger partial charge in [0, 0.05) is 12.6 Å². The summed E-state index contributed by atoms with van der Waals surface area (Å²) in [4.78, 5) is 13.8. The van der Waals surface area contributed by atoms with E-state index in [1.54, 1.807) is 30.0 Å². The largest absolute Gasteiger partial charge is 0.382 e. The second-order valence-corrected chi connectivity index (χ2v) is 7.77. The molecule has 1 atom stereocenters. The Balaban J connectivity index is 2.95. The van der Waals surface area contributed by atoms with Crippen molar-refractivity contribution in [3.63, 3.8) is 0 Å². The highest BCUT2D eigenvalue weighted by atomic mass is 35.5. The Hall–Kier alpha value is -1.27. The van der Waals surface area contributed by atoms with E-state index in [9.17, 15) is 13.2 Å². The summed E-state index contributed by atoms with van der Waals surface area (Å²) in [5.41, 5.74) is 0.781. The van der Waals surface area contributed by atoms with E-state index in [2.05, 4.69) is 0 Å². The number of halogens is 1. The van der Waals surface area contributed by atoms with Crippen molar-refractivity contribution in [2.75, 3.05) is 5.75 Å². The van der Waals surface area contributed by atoms with Crippen LogP contribution in [0.25, 0.3) is 0 Å². The van der Waals surface area contributed by atoms with E-state index >= 15 is 0 Å². The molecule has 1 rings (SSSR count). The fourth-order valence-corrected chi connectivity index (χ4v) is 2.48. The number of hydrogen-bond donors (Lipinski definition) is 0. The van der Waals surface area contributed by atoms with Gasteiger partial charge in [-0.1, -0.05) is 12.1 Å². The second kappa shape index (κ2) is 7.83. The molecule has 1 aromatic rings. The molecule has 7 heteroatoms. The molecule has 22 heavy (non-hydrogen) atoms. The number of hydrogen-bond acceptors (Lipinski definition) is 4. The number of amides is 1. The lowest BCUT2D eigenvalue weighted by atomic mass is 10.1. The fourth-order valence-electron chi connectivity index (χ4n) is 1.84. The lowest BCUT2D eigenvalue weighted by Crippen LogP contribution is -2.40.